The average molecular weight is 488 g/mol. The van der Waals surface area contributed by atoms with Crippen molar-refractivity contribution in [3.63, 3.8) is 0 Å². The van der Waals surface area contributed by atoms with Crippen molar-refractivity contribution in [1.29, 1.82) is 0 Å². The quantitative estimate of drug-likeness (QED) is 0.268. The van der Waals surface area contributed by atoms with Crippen LogP contribution < -0.4 is 15.4 Å². The van der Waals surface area contributed by atoms with Gasteiger partial charge in [0.2, 0.25) is 11.8 Å². The number of benzene rings is 3. The number of hydrogen-bond acceptors (Lipinski definition) is 4. The van der Waals surface area contributed by atoms with Crippen LogP contribution in [-0.2, 0) is 22.6 Å². The van der Waals surface area contributed by atoms with Crippen molar-refractivity contribution in [2.45, 2.75) is 30.9 Å². The van der Waals surface area contributed by atoms with E-state index in [0.29, 0.717) is 25.3 Å². The van der Waals surface area contributed by atoms with Crippen molar-refractivity contribution in [2.75, 3.05) is 12.3 Å². The molecule has 1 aromatic heterocycles. The Morgan fingerprint density at radius 3 is 2.49 bits per heavy atom. The molecule has 7 heteroatoms. The summed E-state index contributed by atoms with van der Waals surface area (Å²) in [6.45, 7) is 2.43. The first-order valence-electron chi connectivity index (χ1n) is 11.6. The van der Waals surface area contributed by atoms with Crippen molar-refractivity contribution >= 4 is 34.5 Å². The molecule has 0 spiro atoms. The van der Waals surface area contributed by atoms with E-state index < -0.39 is 6.04 Å². The molecule has 4 aromatic rings. The van der Waals surface area contributed by atoms with Crippen molar-refractivity contribution < 1.29 is 14.3 Å². The third kappa shape index (κ3) is 7.13. The molecule has 0 saturated carbocycles. The number of aromatic nitrogens is 1. The van der Waals surface area contributed by atoms with Gasteiger partial charge in [0.1, 0.15) is 18.4 Å². The molecule has 35 heavy (non-hydrogen) atoms. The SMILES string of the molecule is CC(=O)NC(CSc1ccc(OCc2ccccc2)cc1)C(=O)NCCc1c[nH]c2ccccc12. The van der Waals surface area contributed by atoms with Crippen molar-refractivity contribution in [2.24, 2.45) is 0 Å². The molecule has 0 bridgehead atoms. The number of thioether (sulfide) groups is 1. The molecule has 1 atom stereocenters. The molecule has 4 rings (SSSR count). The van der Waals surface area contributed by atoms with Gasteiger partial charge in [0.25, 0.3) is 0 Å². The molecule has 0 aliphatic rings. The molecule has 0 fully saturated rings. The lowest BCUT2D eigenvalue weighted by Gasteiger charge is -2.17. The highest BCUT2D eigenvalue weighted by molar-refractivity contribution is 7.99. The van der Waals surface area contributed by atoms with Crippen LogP contribution in [0.4, 0.5) is 0 Å². The average Bonchev–Trinajstić information content (AvgIpc) is 3.29. The maximum Gasteiger partial charge on any atom is 0.243 e. The van der Waals surface area contributed by atoms with E-state index in [0.717, 1.165) is 32.7 Å². The Morgan fingerprint density at radius 1 is 0.971 bits per heavy atom. The third-order valence-electron chi connectivity index (χ3n) is 5.55. The van der Waals surface area contributed by atoms with E-state index in [4.69, 9.17) is 4.74 Å². The molecule has 3 N–H and O–H groups in total. The number of aromatic amines is 1. The van der Waals surface area contributed by atoms with Gasteiger partial charge in [-0.1, -0.05) is 48.5 Å². The van der Waals surface area contributed by atoms with Crippen LogP contribution in [0.1, 0.15) is 18.1 Å². The van der Waals surface area contributed by atoms with Crippen LogP contribution in [0.5, 0.6) is 5.75 Å². The van der Waals surface area contributed by atoms with Crippen molar-refractivity contribution in [1.82, 2.24) is 15.6 Å². The van der Waals surface area contributed by atoms with Crippen LogP contribution in [0.15, 0.2) is 90.0 Å². The number of hydrogen-bond donors (Lipinski definition) is 3. The monoisotopic (exact) mass is 487 g/mol. The fourth-order valence-corrected chi connectivity index (χ4v) is 4.69. The highest BCUT2D eigenvalue weighted by atomic mass is 32.2. The minimum atomic E-state index is -0.616. The summed E-state index contributed by atoms with van der Waals surface area (Å²) in [7, 11) is 0. The second-order valence-electron chi connectivity index (χ2n) is 8.21. The van der Waals surface area contributed by atoms with Gasteiger partial charge in [-0.25, -0.2) is 0 Å². The Balaban J connectivity index is 1.26. The van der Waals surface area contributed by atoms with Crippen LogP contribution in [0.2, 0.25) is 0 Å². The summed E-state index contributed by atoms with van der Waals surface area (Å²) < 4.78 is 5.83. The number of amides is 2. The van der Waals surface area contributed by atoms with E-state index in [1.54, 1.807) is 0 Å². The number of ether oxygens (including phenoxy) is 1. The zero-order valence-corrected chi connectivity index (χ0v) is 20.4. The first kappa shape index (κ1) is 24.4. The Morgan fingerprint density at radius 2 is 1.71 bits per heavy atom. The zero-order valence-electron chi connectivity index (χ0n) is 19.6. The lowest BCUT2D eigenvalue weighted by Crippen LogP contribution is -2.48. The summed E-state index contributed by atoms with van der Waals surface area (Å²) in [6, 6.07) is 25.2. The van der Waals surface area contributed by atoms with Crippen LogP contribution in [0.3, 0.4) is 0 Å². The van der Waals surface area contributed by atoms with Crippen LogP contribution >= 0.6 is 11.8 Å². The standard InChI is InChI=1S/C28H29N3O3S/c1-20(32)31-27(28(33)29-16-15-22-17-30-26-10-6-5-9-25(22)26)19-35-24-13-11-23(12-14-24)34-18-21-7-3-2-4-8-21/h2-14,17,27,30H,15-16,18-19H2,1H3,(H,29,33)(H,31,32). The van der Waals surface area contributed by atoms with E-state index in [2.05, 4.69) is 21.7 Å². The largest absolute Gasteiger partial charge is 0.489 e. The first-order valence-corrected chi connectivity index (χ1v) is 12.6. The molecular formula is C28H29N3O3S. The fraction of sp³-hybridized carbons (Fsp3) is 0.214. The van der Waals surface area contributed by atoms with Gasteiger partial charge in [-0.3, -0.25) is 9.59 Å². The second kappa shape index (κ2) is 12.1. The molecule has 2 amide bonds. The lowest BCUT2D eigenvalue weighted by atomic mass is 10.1. The highest BCUT2D eigenvalue weighted by Gasteiger charge is 2.19. The molecule has 180 valence electrons. The number of nitrogens with one attached hydrogen (secondary N) is 3. The lowest BCUT2D eigenvalue weighted by molar-refractivity contribution is -0.127. The van der Waals surface area contributed by atoms with Gasteiger partial charge in [0.15, 0.2) is 0 Å². The van der Waals surface area contributed by atoms with Gasteiger partial charge in [-0.2, -0.15) is 0 Å². The topological polar surface area (TPSA) is 83.2 Å². The van der Waals surface area contributed by atoms with Crippen molar-refractivity contribution in [3.05, 3.63) is 96.2 Å². The van der Waals surface area contributed by atoms with Gasteiger partial charge in [-0.05, 0) is 47.9 Å². The van der Waals surface area contributed by atoms with Crippen LogP contribution in [-0.4, -0.2) is 35.1 Å². The van der Waals surface area contributed by atoms with Gasteiger partial charge < -0.3 is 20.4 Å². The smallest absolute Gasteiger partial charge is 0.243 e. The maximum atomic E-state index is 12.8. The van der Waals surface area contributed by atoms with E-state index in [1.165, 1.54) is 18.7 Å². The third-order valence-corrected chi connectivity index (χ3v) is 6.66. The molecule has 1 heterocycles. The fourth-order valence-electron chi connectivity index (χ4n) is 3.76. The van der Waals surface area contributed by atoms with E-state index in [-0.39, 0.29) is 11.8 Å². The number of para-hydroxylation sites is 1. The number of fused-ring (bicyclic) bond motifs is 1. The molecule has 6 nitrogen and oxygen atoms in total. The Labute approximate surface area is 209 Å². The molecule has 0 aliphatic carbocycles. The van der Waals surface area contributed by atoms with E-state index in [1.807, 2.05) is 79.0 Å². The summed E-state index contributed by atoms with van der Waals surface area (Å²) in [4.78, 5) is 28.7. The normalized spacial score (nSPS) is 11.7. The van der Waals surface area contributed by atoms with Crippen LogP contribution in [0.25, 0.3) is 10.9 Å². The first-order chi connectivity index (χ1) is 17.1. The summed E-state index contributed by atoms with van der Waals surface area (Å²) in [5, 5.41) is 6.90. The predicted molar refractivity (Wildman–Crippen MR) is 141 cm³/mol. The Kier molecular flexibility index (Phi) is 8.46. The van der Waals surface area contributed by atoms with Gasteiger partial charge in [0, 0.05) is 41.2 Å². The van der Waals surface area contributed by atoms with E-state index in [9.17, 15) is 9.59 Å². The number of carbonyl (C=O) groups excluding carboxylic acids is 2. The summed E-state index contributed by atoms with van der Waals surface area (Å²) in [6.07, 6.45) is 2.69. The van der Waals surface area contributed by atoms with E-state index >= 15 is 0 Å². The molecular weight excluding hydrogens is 458 g/mol. The molecule has 1 unspecified atom stereocenters. The molecule has 0 saturated heterocycles. The number of H-pyrrole nitrogens is 1. The Hall–Kier alpha value is -3.71. The molecule has 0 aliphatic heterocycles. The predicted octanol–water partition coefficient (Wildman–Crippen LogP) is 4.70. The molecule has 0 radical (unpaired) electrons. The number of carbonyl (C=O) groups is 2. The summed E-state index contributed by atoms with van der Waals surface area (Å²) >= 11 is 1.52. The molecule has 3 aromatic carbocycles. The minimum absolute atomic E-state index is 0.185. The van der Waals surface area contributed by atoms with Gasteiger partial charge in [0.05, 0.1) is 0 Å². The Bertz CT molecular complexity index is 1260. The van der Waals surface area contributed by atoms with Crippen LogP contribution in [0, 0.1) is 0 Å². The summed E-state index contributed by atoms with van der Waals surface area (Å²) in [5.41, 5.74) is 3.35. The zero-order chi connectivity index (χ0) is 24.5. The number of rotatable bonds is 11. The maximum absolute atomic E-state index is 12.8. The minimum Gasteiger partial charge on any atom is -0.489 e. The van der Waals surface area contributed by atoms with Crippen molar-refractivity contribution in [3.8, 4) is 5.75 Å². The summed E-state index contributed by atoms with van der Waals surface area (Å²) in [5.74, 6) is 0.803. The second-order valence-corrected chi connectivity index (χ2v) is 9.30. The van der Waals surface area contributed by atoms with Gasteiger partial charge >= 0.3 is 0 Å². The highest BCUT2D eigenvalue weighted by Crippen LogP contribution is 2.23. The van der Waals surface area contributed by atoms with Gasteiger partial charge in [-0.15, -0.1) is 11.8 Å².